The van der Waals surface area contributed by atoms with E-state index in [2.05, 4.69) is 20.7 Å². The number of hydrogen-bond donors (Lipinski definition) is 3. The number of nitrogens with one attached hydrogen (secondary N) is 2. The van der Waals surface area contributed by atoms with Crippen molar-refractivity contribution >= 4 is 38.9 Å². The monoisotopic (exact) mass is 464 g/mol. The van der Waals surface area contributed by atoms with Crippen LogP contribution in [0.15, 0.2) is 18.5 Å². The number of alkyl halides is 1. The van der Waals surface area contributed by atoms with Gasteiger partial charge in [0.1, 0.15) is 17.6 Å². The molecule has 1 unspecified atom stereocenters. The summed E-state index contributed by atoms with van der Waals surface area (Å²) in [6.07, 6.45) is 3.54. The predicted molar refractivity (Wildman–Crippen MR) is 118 cm³/mol. The fourth-order valence-corrected chi connectivity index (χ4v) is 6.01. The van der Waals surface area contributed by atoms with Gasteiger partial charge in [-0.25, -0.2) is 17.5 Å². The fraction of sp³-hybridized carbons (Fsp3) is 0.526. The molecule has 5 rings (SSSR count). The van der Waals surface area contributed by atoms with E-state index in [1.54, 1.807) is 16.6 Å². The van der Waals surface area contributed by atoms with Gasteiger partial charge in [-0.3, -0.25) is 9.78 Å². The molecule has 1 atom stereocenters. The molecule has 2 aromatic heterocycles. The summed E-state index contributed by atoms with van der Waals surface area (Å²) < 4.78 is 41.6. The van der Waals surface area contributed by atoms with Gasteiger partial charge in [0.05, 0.1) is 29.4 Å². The van der Waals surface area contributed by atoms with E-state index in [4.69, 9.17) is 5.73 Å². The average Bonchev–Trinajstić information content (AvgIpc) is 3.58. The smallest absolute Gasteiger partial charge is 0.263 e. The van der Waals surface area contributed by atoms with E-state index in [9.17, 15) is 17.6 Å². The number of carbonyl (C=O) groups excluding carboxylic acids is 1. The van der Waals surface area contributed by atoms with Crippen LogP contribution in [-0.4, -0.2) is 77.5 Å². The number of nitrogen functional groups attached to an aromatic ring is 1. The molecule has 172 valence electrons. The van der Waals surface area contributed by atoms with Crippen LogP contribution >= 0.6 is 0 Å². The molecule has 1 amide bonds. The lowest BCUT2D eigenvalue weighted by molar-refractivity contribution is 0.102. The quantitative estimate of drug-likeness (QED) is 0.581. The van der Waals surface area contributed by atoms with Crippen molar-refractivity contribution in [3.05, 3.63) is 24.0 Å². The molecule has 4 N–H and O–H groups in total. The highest BCUT2D eigenvalue weighted by Crippen LogP contribution is 2.33. The number of rotatable bonds is 5. The molecule has 0 aromatic carbocycles. The Balaban J connectivity index is 1.32. The number of nitrogens with zero attached hydrogens (tertiary/aromatic N) is 5. The van der Waals surface area contributed by atoms with Gasteiger partial charge in [-0.1, -0.05) is 0 Å². The summed E-state index contributed by atoms with van der Waals surface area (Å²) >= 11 is 0. The SMILES string of the molecule is Nc1nn2c(c1C(=O)Nc1cnccc1N1CCN(S(=O)(=O)C3CC3)CC1)NCC(F)C2. The average molecular weight is 465 g/mol. The highest BCUT2D eigenvalue weighted by molar-refractivity contribution is 7.90. The van der Waals surface area contributed by atoms with Crippen LogP contribution in [0.2, 0.25) is 0 Å². The second kappa shape index (κ2) is 7.89. The van der Waals surface area contributed by atoms with E-state index in [0.717, 1.165) is 18.5 Å². The summed E-state index contributed by atoms with van der Waals surface area (Å²) in [5.41, 5.74) is 7.33. The lowest BCUT2D eigenvalue weighted by Crippen LogP contribution is -2.49. The van der Waals surface area contributed by atoms with Crippen LogP contribution in [0.25, 0.3) is 0 Å². The van der Waals surface area contributed by atoms with Crippen LogP contribution < -0.4 is 21.3 Å². The van der Waals surface area contributed by atoms with Gasteiger partial charge >= 0.3 is 0 Å². The maximum Gasteiger partial charge on any atom is 0.263 e. The van der Waals surface area contributed by atoms with Crippen molar-refractivity contribution in [2.75, 3.05) is 54.0 Å². The molecule has 0 radical (unpaired) electrons. The number of fused-ring (bicyclic) bond motifs is 1. The first kappa shape index (κ1) is 20.9. The molecule has 1 saturated heterocycles. The fourth-order valence-electron chi connectivity index (χ4n) is 4.18. The van der Waals surface area contributed by atoms with E-state index in [0.29, 0.717) is 37.7 Å². The van der Waals surface area contributed by atoms with Crippen molar-refractivity contribution in [1.82, 2.24) is 19.1 Å². The number of sulfonamides is 1. The molecule has 11 nitrogen and oxygen atoms in total. The summed E-state index contributed by atoms with van der Waals surface area (Å²) in [7, 11) is -3.20. The van der Waals surface area contributed by atoms with Crippen LogP contribution in [0.5, 0.6) is 0 Å². The Kier molecular flexibility index (Phi) is 5.16. The van der Waals surface area contributed by atoms with Crippen molar-refractivity contribution in [3.8, 4) is 0 Å². The first-order valence-electron chi connectivity index (χ1n) is 10.6. The maximum atomic E-state index is 13.6. The van der Waals surface area contributed by atoms with Gasteiger partial charge in [-0.05, 0) is 18.9 Å². The van der Waals surface area contributed by atoms with Gasteiger partial charge < -0.3 is 21.3 Å². The van der Waals surface area contributed by atoms with Crippen LogP contribution in [0.1, 0.15) is 23.2 Å². The van der Waals surface area contributed by atoms with E-state index in [1.165, 1.54) is 10.9 Å². The second-order valence-electron chi connectivity index (χ2n) is 8.25. The van der Waals surface area contributed by atoms with Crippen LogP contribution in [0.3, 0.4) is 0 Å². The number of hydrogen-bond acceptors (Lipinski definition) is 8. The number of amides is 1. The first-order chi connectivity index (χ1) is 15.3. The summed E-state index contributed by atoms with van der Waals surface area (Å²) in [6, 6.07) is 1.78. The van der Waals surface area contributed by atoms with Gasteiger partial charge in [-0.15, -0.1) is 0 Å². The molecular formula is C19H25FN8O3S. The number of halogens is 1. The molecule has 0 spiro atoms. The molecule has 2 aliphatic heterocycles. The normalized spacial score (nSPS) is 21.7. The Morgan fingerprint density at radius 2 is 2.00 bits per heavy atom. The lowest BCUT2D eigenvalue weighted by atomic mass is 10.2. The molecule has 2 aromatic rings. The number of piperazine rings is 1. The van der Waals surface area contributed by atoms with Crippen molar-refractivity contribution < 1.29 is 17.6 Å². The molecule has 3 aliphatic rings. The van der Waals surface area contributed by atoms with Crippen LogP contribution in [0.4, 0.5) is 27.4 Å². The van der Waals surface area contributed by atoms with Gasteiger partial charge in [-0.2, -0.15) is 9.40 Å². The maximum absolute atomic E-state index is 13.6. The zero-order valence-electron chi connectivity index (χ0n) is 17.4. The molecule has 0 bridgehead atoms. The minimum absolute atomic E-state index is 0.0171. The second-order valence-corrected chi connectivity index (χ2v) is 10.5. The Morgan fingerprint density at radius 3 is 2.72 bits per heavy atom. The number of anilines is 4. The van der Waals surface area contributed by atoms with Crippen molar-refractivity contribution in [1.29, 1.82) is 0 Å². The highest BCUT2D eigenvalue weighted by atomic mass is 32.2. The van der Waals surface area contributed by atoms with E-state index >= 15 is 0 Å². The van der Waals surface area contributed by atoms with Gasteiger partial charge in [0.2, 0.25) is 10.0 Å². The van der Waals surface area contributed by atoms with Crippen LogP contribution in [-0.2, 0) is 16.6 Å². The zero-order valence-corrected chi connectivity index (χ0v) is 18.2. The number of pyridine rings is 1. The summed E-state index contributed by atoms with van der Waals surface area (Å²) in [5, 5.41) is 9.56. The van der Waals surface area contributed by atoms with Crippen LogP contribution in [0, 0.1) is 0 Å². The minimum Gasteiger partial charge on any atom is -0.381 e. The third-order valence-corrected chi connectivity index (χ3v) is 8.40. The summed E-state index contributed by atoms with van der Waals surface area (Å²) in [4.78, 5) is 19.2. The van der Waals surface area contributed by atoms with E-state index in [1.807, 2.05) is 4.90 Å². The van der Waals surface area contributed by atoms with E-state index in [-0.39, 0.29) is 29.7 Å². The Morgan fingerprint density at radius 1 is 1.25 bits per heavy atom. The molecule has 13 heteroatoms. The number of carbonyl (C=O) groups is 1. The lowest BCUT2D eigenvalue weighted by Gasteiger charge is -2.36. The third-order valence-electron chi connectivity index (χ3n) is 6.00. The largest absolute Gasteiger partial charge is 0.381 e. The van der Waals surface area contributed by atoms with Gasteiger partial charge in [0.25, 0.3) is 5.91 Å². The van der Waals surface area contributed by atoms with E-state index < -0.39 is 22.1 Å². The highest BCUT2D eigenvalue weighted by Gasteiger charge is 2.41. The number of aromatic nitrogens is 3. The first-order valence-corrected chi connectivity index (χ1v) is 12.1. The zero-order chi connectivity index (χ0) is 22.5. The standard InChI is InChI=1S/C19H25FN8O3S/c20-12-9-23-18-16(17(21)25-28(18)11-12)19(29)24-14-10-22-4-3-15(14)26-5-7-27(8-6-26)32(30,31)13-1-2-13/h3-4,10,12-13,23H,1-2,5-9,11H2,(H2,21,25)(H,24,29). The molecule has 4 heterocycles. The Labute approximate surface area is 184 Å². The molecule has 1 saturated carbocycles. The van der Waals surface area contributed by atoms with Gasteiger partial charge in [0.15, 0.2) is 5.82 Å². The predicted octanol–water partition coefficient (Wildman–Crippen LogP) is 0.490. The van der Waals surface area contributed by atoms with Crippen molar-refractivity contribution in [3.63, 3.8) is 0 Å². The van der Waals surface area contributed by atoms with Crippen molar-refractivity contribution in [2.24, 2.45) is 0 Å². The number of nitrogens with two attached hydrogens (primary N) is 1. The Bertz CT molecular complexity index is 1140. The summed E-state index contributed by atoms with van der Waals surface area (Å²) in [6.45, 7) is 1.91. The Hall–Kier alpha value is -2.93. The summed E-state index contributed by atoms with van der Waals surface area (Å²) in [5.74, 6) is -0.0700. The molecule has 32 heavy (non-hydrogen) atoms. The van der Waals surface area contributed by atoms with Gasteiger partial charge in [0, 0.05) is 38.9 Å². The van der Waals surface area contributed by atoms with Crippen molar-refractivity contribution in [2.45, 2.75) is 30.8 Å². The topological polar surface area (TPSA) is 138 Å². The minimum atomic E-state index is -3.20. The molecular weight excluding hydrogens is 439 g/mol. The molecule has 2 fully saturated rings. The third kappa shape index (κ3) is 3.75. The molecule has 1 aliphatic carbocycles.